The lowest BCUT2D eigenvalue weighted by molar-refractivity contribution is -0.0612. The average Bonchev–Trinajstić information content (AvgIpc) is 2.72. The maximum absolute atomic E-state index is 12.2. The van der Waals surface area contributed by atoms with E-state index in [4.69, 9.17) is 19.2 Å². The van der Waals surface area contributed by atoms with Crippen molar-refractivity contribution in [3.05, 3.63) is 48.7 Å². The first-order valence-corrected chi connectivity index (χ1v) is 10.3. The van der Waals surface area contributed by atoms with Crippen molar-refractivity contribution < 1.29 is 19.0 Å². The summed E-state index contributed by atoms with van der Waals surface area (Å²) >= 11 is 0. The Morgan fingerprint density at radius 2 is 1.90 bits per heavy atom. The molecule has 164 valence electrons. The summed E-state index contributed by atoms with van der Waals surface area (Å²) in [5.74, 6) is 1.24. The van der Waals surface area contributed by atoms with E-state index >= 15 is 0 Å². The molecule has 0 saturated carbocycles. The van der Waals surface area contributed by atoms with Crippen LogP contribution < -0.4 is 9.64 Å². The summed E-state index contributed by atoms with van der Waals surface area (Å²) in [7, 11) is 1.64. The van der Waals surface area contributed by atoms with Crippen molar-refractivity contribution in [2.24, 2.45) is 0 Å². The molecule has 1 aromatic carbocycles. The summed E-state index contributed by atoms with van der Waals surface area (Å²) in [5.41, 5.74) is 1.94. The van der Waals surface area contributed by atoms with Crippen LogP contribution in [0.15, 0.2) is 48.7 Å². The zero-order valence-electron chi connectivity index (χ0n) is 18.9. The number of carbonyl (C=O) groups is 1. The molecule has 0 aliphatic rings. The number of anilines is 1. The van der Waals surface area contributed by atoms with Crippen LogP contribution in [-0.2, 0) is 9.47 Å². The molecule has 2 heterocycles. The van der Waals surface area contributed by atoms with Crippen LogP contribution in [0, 0.1) is 0 Å². The molecule has 0 spiro atoms. The van der Waals surface area contributed by atoms with Crippen LogP contribution in [0.2, 0.25) is 0 Å². The van der Waals surface area contributed by atoms with Gasteiger partial charge in [-0.2, -0.15) is 0 Å². The van der Waals surface area contributed by atoms with Gasteiger partial charge in [0.1, 0.15) is 17.2 Å². The maximum atomic E-state index is 12.2. The molecular weight excluding hydrogens is 394 g/mol. The number of hydrogen-bond acceptors (Lipinski definition) is 6. The number of pyridine rings is 2. The Bertz CT molecular complexity index is 1040. The zero-order chi connectivity index (χ0) is 22.6. The Kier molecular flexibility index (Phi) is 6.75. The molecule has 0 radical (unpaired) electrons. The van der Waals surface area contributed by atoms with Gasteiger partial charge in [0.2, 0.25) is 0 Å². The van der Waals surface area contributed by atoms with Crippen molar-refractivity contribution in [3.8, 4) is 17.0 Å². The minimum Gasteiger partial charge on any atom is -0.465 e. The van der Waals surface area contributed by atoms with Crippen LogP contribution in [0.3, 0.4) is 0 Å². The first-order valence-electron chi connectivity index (χ1n) is 10.3. The van der Waals surface area contributed by atoms with Gasteiger partial charge in [0, 0.05) is 30.8 Å². The van der Waals surface area contributed by atoms with Gasteiger partial charge in [-0.3, -0.25) is 4.90 Å². The van der Waals surface area contributed by atoms with E-state index < -0.39 is 11.7 Å². The van der Waals surface area contributed by atoms with Crippen molar-refractivity contribution >= 4 is 22.8 Å². The van der Waals surface area contributed by atoms with Crippen molar-refractivity contribution in [1.29, 1.82) is 0 Å². The summed E-state index contributed by atoms with van der Waals surface area (Å²) in [6.07, 6.45) is 0.942. The number of rotatable bonds is 6. The molecule has 7 heteroatoms. The van der Waals surface area contributed by atoms with Gasteiger partial charge in [0.15, 0.2) is 6.29 Å². The minimum absolute atomic E-state index is 0.307. The molecule has 0 bridgehead atoms. The average molecular weight is 424 g/mol. The van der Waals surface area contributed by atoms with Crippen molar-refractivity contribution in [1.82, 2.24) is 9.97 Å². The lowest BCUT2D eigenvalue weighted by Crippen LogP contribution is -2.34. The predicted molar refractivity (Wildman–Crippen MR) is 121 cm³/mol. The first-order chi connectivity index (χ1) is 14.7. The number of hydrogen-bond donors (Lipinski definition) is 0. The van der Waals surface area contributed by atoms with Crippen LogP contribution in [0.25, 0.3) is 22.2 Å². The fourth-order valence-corrected chi connectivity index (χ4v) is 2.96. The third-order valence-electron chi connectivity index (χ3n) is 4.42. The Labute approximate surface area is 183 Å². The Balaban J connectivity index is 1.76. The highest BCUT2D eigenvalue weighted by Crippen LogP contribution is 2.25. The van der Waals surface area contributed by atoms with E-state index in [2.05, 4.69) is 4.98 Å². The number of ether oxygens (including phenoxy) is 3. The molecule has 0 aliphatic heterocycles. The highest BCUT2D eigenvalue weighted by atomic mass is 16.7. The van der Waals surface area contributed by atoms with Crippen LogP contribution in [0.1, 0.15) is 34.6 Å². The Morgan fingerprint density at radius 3 is 2.55 bits per heavy atom. The monoisotopic (exact) mass is 423 g/mol. The first kappa shape index (κ1) is 22.5. The van der Waals surface area contributed by atoms with Gasteiger partial charge in [-0.1, -0.05) is 6.07 Å². The van der Waals surface area contributed by atoms with E-state index in [0.29, 0.717) is 12.4 Å². The molecular formula is C24H29N3O4. The van der Waals surface area contributed by atoms with Crippen LogP contribution in [0.5, 0.6) is 5.75 Å². The molecule has 0 saturated heterocycles. The fraction of sp³-hybridized carbons (Fsp3) is 0.375. The topological polar surface area (TPSA) is 73.8 Å². The quantitative estimate of drug-likeness (QED) is 0.492. The van der Waals surface area contributed by atoms with Crippen LogP contribution in [0.4, 0.5) is 10.6 Å². The van der Waals surface area contributed by atoms with Gasteiger partial charge in [-0.15, -0.1) is 0 Å². The number of amides is 1. The third kappa shape index (κ3) is 5.92. The summed E-state index contributed by atoms with van der Waals surface area (Å²) in [6, 6.07) is 13.3. The third-order valence-corrected chi connectivity index (χ3v) is 4.42. The molecule has 1 atom stereocenters. The summed E-state index contributed by atoms with van der Waals surface area (Å²) in [4.78, 5) is 22.7. The van der Waals surface area contributed by atoms with E-state index in [9.17, 15) is 4.79 Å². The number of aromatic nitrogens is 2. The molecule has 2 aromatic heterocycles. The van der Waals surface area contributed by atoms with Crippen molar-refractivity contribution in [2.45, 2.75) is 46.5 Å². The molecule has 3 aromatic rings. The van der Waals surface area contributed by atoms with Crippen LogP contribution >= 0.6 is 0 Å². The highest BCUT2D eigenvalue weighted by Gasteiger charge is 2.21. The van der Waals surface area contributed by atoms with Gasteiger partial charge < -0.3 is 14.2 Å². The molecule has 0 aliphatic carbocycles. The number of nitrogens with zero attached hydrogens (tertiary/aromatic N) is 3. The van der Waals surface area contributed by atoms with Gasteiger partial charge in [-0.05, 0) is 71.0 Å². The van der Waals surface area contributed by atoms with Gasteiger partial charge in [0.05, 0.1) is 11.2 Å². The molecule has 1 unspecified atom stereocenters. The molecule has 0 N–H and O–H groups in total. The molecule has 31 heavy (non-hydrogen) atoms. The van der Waals surface area contributed by atoms with E-state index in [0.717, 1.165) is 27.9 Å². The maximum Gasteiger partial charge on any atom is 0.415 e. The normalized spacial score (nSPS) is 12.5. The molecule has 3 rings (SSSR count). The van der Waals surface area contributed by atoms with Crippen molar-refractivity contribution in [2.75, 3.05) is 18.6 Å². The van der Waals surface area contributed by atoms with E-state index in [1.165, 1.54) is 4.90 Å². The lowest BCUT2D eigenvalue weighted by Gasteiger charge is -2.24. The second kappa shape index (κ2) is 9.31. The molecule has 0 fully saturated rings. The summed E-state index contributed by atoms with van der Waals surface area (Å²) in [6.45, 7) is 9.88. The molecule has 7 nitrogen and oxygen atoms in total. The Hall–Kier alpha value is -3.19. The lowest BCUT2D eigenvalue weighted by atomic mass is 10.1. The van der Waals surface area contributed by atoms with E-state index in [-0.39, 0.29) is 6.29 Å². The summed E-state index contributed by atoms with van der Waals surface area (Å²) < 4.78 is 16.6. The summed E-state index contributed by atoms with van der Waals surface area (Å²) in [5, 5.41) is 0.971. The predicted octanol–water partition coefficient (Wildman–Crippen LogP) is 5.43. The SMILES string of the molecule is CCOC(C)Oc1ccc2nc(-c3ccc(N(C)C(=O)OC(C)(C)C)nc3)ccc2c1. The standard InChI is InChI=1S/C24H29N3O4/c1-7-29-16(2)30-19-10-12-20-17(14-19)8-11-21(26-20)18-9-13-22(25-15-18)27(6)23(28)31-24(3,4)5/h8-16H,7H2,1-6H3. The van der Waals surface area contributed by atoms with Gasteiger partial charge >= 0.3 is 6.09 Å². The second-order valence-electron chi connectivity index (χ2n) is 8.14. The minimum atomic E-state index is -0.563. The van der Waals surface area contributed by atoms with E-state index in [1.54, 1.807) is 19.3 Å². The van der Waals surface area contributed by atoms with Crippen LogP contribution in [-0.4, -0.2) is 41.6 Å². The van der Waals surface area contributed by atoms with E-state index in [1.807, 2.05) is 71.0 Å². The second-order valence-corrected chi connectivity index (χ2v) is 8.14. The highest BCUT2D eigenvalue weighted by molar-refractivity contribution is 5.86. The fourth-order valence-electron chi connectivity index (χ4n) is 2.96. The van der Waals surface area contributed by atoms with Gasteiger partial charge in [0.25, 0.3) is 0 Å². The molecule has 1 amide bonds. The number of carbonyl (C=O) groups excluding carboxylic acids is 1. The van der Waals surface area contributed by atoms with Gasteiger partial charge in [-0.25, -0.2) is 14.8 Å². The number of benzene rings is 1. The van der Waals surface area contributed by atoms with Crippen molar-refractivity contribution in [3.63, 3.8) is 0 Å². The largest absolute Gasteiger partial charge is 0.465 e. The number of fused-ring (bicyclic) bond motifs is 1. The Morgan fingerprint density at radius 1 is 1.13 bits per heavy atom. The smallest absolute Gasteiger partial charge is 0.415 e. The zero-order valence-corrected chi connectivity index (χ0v) is 18.9.